The molecule has 3 heteroatoms. The van der Waals surface area contributed by atoms with Gasteiger partial charge in [0, 0.05) is 18.8 Å². The Labute approximate surface area is 86.2 Å². The third-order valence-electron chi connectivity index (χ3n) is 2.38. The first-order valence-corrected chi connectivity index (χ1v) is 4.92. The van der Waals surface area contributed by atoms with Gasteiger partial charge in [0.15, 0.2) is 0 Å². The van der Waals surface area contributed by atoms with Crippen LogP contribution in [0.1, 0.15) is 12.5 Å². The van der Waals surface area contributed by atoms with Crippen molar-refractivity contribution in [1.82, 2.24) is 9.88 Å². The molecule has 1 rings (SSSR count). The van der Waals surface area contributed by atoms with E-state index in [9.17, 15) is 0 Å². The first-order valence-electron chi connectivity index (χ1n) is 4.92. The molecule has 0 radical (unpaired) electrons. The average molecular weight is 193 g/mol. The SMILES string of the molecule is Cc1ccnc(NCC(C)N(C)C)c1. The van der Waals surface area contributed by atoms with E-state index in [0.717, 1.165) is 12.4 Å². The molecule has 0 fully saturated rings. The molecule has 0 saturated heterocycles. The van der Waals surface area contributed by atoms with Crippen LogP contribution in [0.2, 0.25) is 0 Å². The highest BCUT2D eigenvalue weighted by Crippen LogP contribution is 2.05. The summed E-state index contributed by atoms with van der Waals surface area (Å²) in [5.41, 5.74) is 1.24. The molecule has 0 bridgehead atoms. The zero-order chi connectivity index (χ0) is 10.6. The summed E-state index contributed by atoms with van der Waals surface area (Å²) >= 11 is 0. The third-order valence-corrected chi connectivity index (χ3v) is 2.38. The summed E-state index contributed by atoms with van der Waals surface area (Å²) in [6.07, 6.45) is 1.83. The molecule has 0 aliphatic carbocycles. The summed E-state index contributed by atoms with van der Waals surface area (Å²) in [5.74, 6) is 0.957. The molecule has 0 aliphatic heterocycles. The summed E-state index contributed by atoms with van der Waals surface area (Å²) < 4.78 is 0. The maximum absolute atomic E-state index is 4.24. The topological polar surface area (TPSA) is 28.2 Å². The number of nitrogens with one attached hydrogen (secondary N) is 1. The lowest BCUT2D eigenvalue weighted by Gasteiger charge is -2.20. The highest BCUT2D eigenvalue weighted by molar-refractivity contribution is 5.36. The number of aromatic nitrogens is 1. The molecule has 1 heterocycles. The fraction of sp³-hybridized carbons (Fsp3) is 0.545. The summed E-state index contributed by atoms with van der Waals surface area (Å²) in [5, 5.41) is 3.31. The Kier molecular flexibility index (Phi) is 3.89. The molecule has 3 nitrogen and oxygen atoms in total. The summed E-state index contributed by atoms with van der Waals surface area (Å²) in [7, 11) is 4.16. The van der Waals surface area contributed by atoms with Crippen LogP contribution >= 0.6 is 0 Å². The predicted molar refractivity (Wildman–Crippen MR) is 60.6 cm³/mol. The van der Waals surface area contributed by atoms with E-state index in [-0.39, 0.29) is 0 Å². The maximum Gasteiger partial charge on any atom is 0.126 e. The molecular formula is C11H19N3. The van der Waals surface area contributed by atoms with Gasteiger partial charge in [-0.25, -0.2) is 4.98 Å². The quantitative estimate of drug-likeness (QED) is 0.789. The Balaban J connectivity index is 2.45. The van der Waals surface area contributed by atoms with Crippen molar-refractivity contribution in [1.29, 1.82) is 0 Å². The second-order valence-electron chi connectivity index (χ2n) is 3.91. The van der Waals surface area contributed by atoms with Gasteiger partial charge >= 0.3 is 0 Å². The van der Waals surface area contributed by atoms with Crippen LogP contribution in [-0.2, 0) is 0 Å². The van der Waals surface area contributed by atoms with Gasteiger partial charge in [-0.2, -0.15) is 0 Å². The first-order chi connectivity index (χ1) is 6.59. The van der Waals surface area contributed by atoms with E-state index >= 15 is 0 Å². The highest BCUT2D eigenvalue weighted by Gasteiger charge is 2.03. The van der Waals surface area contributed by atoms with E-state index in [0.29, 0.717) is 6.04 Å². The molecule has 1 unspecified atom stereocenters. The Hall–Kier alpha value is -1.09. The number of rotatable bonds is 4. The molecule has 1 aromatic rings. The fourth-order valence-electron chi connectivity index (χ4n) is 1.07. The molecule has 78 valence electrons. The minimum absolute atomic E-state index is 0.511. The molecule has 14 heavy (non-hydrogen) atoms. The summed E-state index contributed by atoms with van der Waals surface area (Å²) in [6, 6.07) is 4.57. The van der Waals surface area contributed by atoms with E-state index in [4.69, 9.17) is 0 Å². The lowest BCUT2D eigenvalue weighted by Crippen LogP contribution is -2.31. The predicted octanol–water partition coefficient (Wildman–Crippen LogP) is 1.75. The number of nitrogens with zero attached hydrogens (tertiary/aromatic N) is 2. The van der Waals surface area contributed by atoms with Crippen LogP contribution in [0, 0.1) is 6.92 Å². The van der Waals surface area contributed by atoms with Crippen LogP contribution < -0.4 is 5.32 Å². The molecule has 0 aliphatic rings. The van der Waals surface area contributed by atoms with Crippen molar-refractivity contribution in [3.05, 3.63) is 23.9 Å². The van der Waals surface area contributed by atoms with E-state index in [2.05, 4.69) is 49.2 Å². The van der Waals surface area contributed by atoms with E-state index in [1.807, 2.05) is 12.3 Å². The fourth-order valence-corrected chi connectivity index (χ4v) is 1.07. The van der Waals surface area contributed by atoms with Crippen molar-refractivity contribution < 1.29 is 0 Å². The van der Waals surface area contributed by atoms with Gasteiger partial charge in [-0.05, 0) is 45.6 Å². The van der Waals surface area contributed by atoms with Crippen LogP contribution in [0.3, 0.4) is 0 Å². The van der Waals surface area contributed by atoms with Gasteiger partial charge in [0.25, 0.3) is 0 Å². The van der Waals surface area contributed by atoms with Crippen molar-refractivity contribution in [2.45, 2.75) is 19.9 Å². The molecule has 0 saturated carbocycles. The minimum Gasteiger partial charge on any atom is -0.369 e. The first kappa shape index (κ1) is 11.0. The number of aryl methyl sites for hydroxylation is 1. The number of hydrogen-bond acceptors (Lipinski definition) is 3. The second-order valence-corrected chi connectivity index (χ2v) is 3.91. The van der Waals surface area contributed by atoms with Crippen molar-refractivity contribution in [2.24, 2.45) is 0 Å². The maximum atomic E-state index is 4.24. The minimum atomic E-state index is 0.511. The third kappa shape index (κ3) is 3.34. The van der Waals surface area contributed by atoms with Crippen molar-refractivity contribution in [3.63, 3.8) is 0 Å². The zero-order valence-electron chi connectivity index (χ0n) is 9.41. The van der Waals surface area contributed by atoms with Gasteiger partial charge in [0.1, 0.15) is 5.82 Å². The van der Waals surface area contributed by atoms with Gasteiger partial charge in [-0.1, -0.05) is 0 Å². The highest BCUT2D eigenvalue weighted by atomic mass is 15.1. The van der Waals surface area contributed by atoms with Crippen molar-refractivity contribution in [2.75, 3.05) is 26.0 Å². The van der Waals surface area contributed by atoms with Gasteiger partial charge in [-0.15, -0.1) is 0 Å². The van der Waals surface area contributed by atoms with E-state index in [1.54, 1.807) is 0 Å². The Morgan fingerprint density at radius 3 is 2.79 bits per heavy atom. The Bertz CT molecular complexity index is 284. The summed E-state index contributed by atoms with van der Waals surface area (Å²) in [4.78, 5) is 6.42. The average Bonchev–Trinajstić information content (AvgIpc) is 2.14. The van der Waals surface area contributed by atoms with Crippen molar-refractivity contribution in [3.8, 4) is 0 Å². The van der Waals surface area contributed by atoms with E-state index < -0.39 is 0 Å². The van der Waals surface area contributed by atoms with Crippen molar-refractivity contribution >= 4 is 5.82 Å². The smallest absolute Gasteiger partial charge is 0.126 e. The van der Waals surface area contributed by atoms with Crippen LogP contribution in [0.5, 0.6) is 0 Å². The van der Waals surface area contributed by atoms with Crippen LogP contribution in [-0.4, -0.2) is 36.6 Å². The van der Waals surface area contributed by atoms with Crippen LogP contribution in [0.4, 0.5) is 5.82 Å². The monoisotopic (exact) mass is 193 g/mol. The normalized spacial score (nSPS) is 12.9. The number of anilines is 1. The molecule has 0 amide bonds. The van der Waals surface area contributed by atoms with Crippen LogP contribution in [0.15, 0.2) is 18.3 Å². The molecule has 1 aromatic heterocycles. The standard InChI is InChI=1S/C11H19N3/c1-9-5-6-12-11(7-9)13-8-10(2)14(3)4/h5-7,10H,8H2,1-4H3,(H,12,13). The number of hydrogen-bond donors (Lipinski definition) is 1. The molecule has 0 aromatic carbocycles. The van der Waals surface area contributed by atoms with Gasteiger partial charge in [0.2, 0.25) is 0 Å². The second kappa shape index (κ2) is 4.96. The zero-order valence-corrected chi connectivity index (χ0v) is 9.41. The molecule has 1 atom stereocenters. The van der Waals surface area contributed by atoms with Gasteiger partial charge in [-0.3, -0.25) is 0 Å². The van der Waals surface area contributed by atoms with E-state index in [1.165, 1.54) is 5.56 Å². The van der Waals surface area contributed by atoms with Gasteiger partial charge < -0.3 is 10.2 Å². The molecular weight excluding hydrogens is 174 g/mol. The lowest BCUT2D eigenvalue weighted by atomic mass is 10.3. The Morgan fingerprint density at radius 2 is 2.21 bits per heavy atom. The van der Waals surface area contributed by atoms with Gasteiger partial charge in [0.05, 0.1) is 0 Å². The lowest BCUT2D eigenvalue weighted by molar-refractivity contribution is 0.326. The largest absolute Gasteiger partial charge is 0.369 e. The molecule has 1 N–H and O–H groups in total. The summed E-state index contributed by atoms with van der Waals surface area (Å²) in [6.45, 7) is 5.18. The number of pyridine rings is 1. The number of likely N-dealkylation sites (N-methyl/N-ethyl adjacent to an activating group) is 1. The molecule has 0 spiro atoms. The Morgan fingerprint density at radius 1 is 1.50 bits per heavy atom. The van der Waals surface area contributed by atoms with Crippen LogP contribution in [0.25, 0.3) is 0 Å².